The van der Waals surface area contributed by atoms with Crippen LogP contribution in [0.5, 0.6) is 0 Å². The van der Waals surface area contributed by atoms with Crippen LogP contribution >= 0.6 is 19.2 Å². The smallest absolute Gasteiger partial charge is 0.391 e. The monoisotopic (exact) mass is 158 g/mol. The van der Waals surface area contributed by atoms with Gasteiger partial charge >= 0.3 is 7.60 Å². The lowest BCUT2D eigenvalue weighted by atomic mass is 11.1. The fraction of sp³-hybridized carbons (Fsp3) is 0. The van der Waals surface area contributed by atoms with Crippen molar-refractivity contribution < 1.29 is 19.5 Å². The Kier molecular flexibility index (Phi) is 2.50. The van der Waals surface area contributed by atoms with Gasteiger partial charge in [-0.1, -0.05) is 11.6 Å². The molecule has 0 aliphatic carbocycles. The van der Waals surface area contributed by atoms with E-state index in [0.29, 0.717) is 5.54 Å². The molecule has 0 saturated heterocycles. The van der Waals surface area contributed by atoms with E-state index >= 15 is 0 Å². The second-order valence-corrected chi connectivity index (χ2v) is 2.78. The standard InChI is InChI=1S/C2H4ClO4P/c3-1-2(4)8(5,6)7/h1,4H,(H2,5,6,7). The van der Waals surface area contributed by atoms with E-state index in [1.165, 1.54) is 0 Å². The van der Waals surface area contributed by atoms with Crippen molar-refractivity contribution in [2.75, 3.05) is 0 Å². The van der Waals surface area contributed by atoms with Crippen LogP contribution < -0.4 is 0 Å². The zero-order valence-corrected chi connectivity index (χ0v) is 5.30. The Morgan fingerprint density at radius 1 is 1.62 bits per heavy atom. The summed E-state index contributed by atoms with van der Waals surface area (Å²) in [5.74, 6) is 0. The van der Waals surface area contributed by atoms with Gasteiger partial charge in [0, 0.05) is 0 Å². The largest absolute Gasteiger partial charge is 0.501 e. The van der Waals surface area contributed by atoms with Gasteiger partial charge < -0.3 is 14.9 Å². The van der Waals surface area contributed by atoms with E-state index in [9.17, 15) is 4.57 Å². The number of aliphatic hydroxyl groups excluding tert-OH is 1. The quantitative estimate of drug-likeness (QED) is 0.389. The van der Waals surface area contributed by atoms with Gasteiger partial charge in [-0.2, -0.15) is 0 Å². The Bertz CT molecular complexity index is 146. The van der Waals surface area contributed by atoms with Crippen molar-refractivity contribution >= 4 is 19.2 Å². The number of hydrogen-bond donors (Lipinski definition) is 3. The van der Waals surface area contributed by atoms with Gasteiger partial charge in [0.2, 0.25) is 5.50 Å². The van der Waals surface area contributed by atoms with Gasteiger partial charge in [0.05, 0.1) is 5.54 Å². The molecule has 0 aromatic rings. The first-order valence-electron chi connectivity index (χ1n) is 1.54. The summed E-state index contributed by atoms with van der Waals surface area (Å²) in [6.07, 6.45) is 0. The molecule has 48 valence electrons. The number of halogens is 1. The van der Waals surface area contributed by atoms with Crippen LogP contribution in [0.25, 0.3) is 0 Å². The van der Waals surface area contributed by atoms with Crippen LogP contribution in [0, 0.1) is 0 Å². The van der Waals surface area contributed by atoms with Crippen LogP contribution in [0.4, 0.5) is 0 Å². The first-order chi connectivity index (χ1) is 3.48. The van der Waals surface area contributed by atoms with E-state index in [4.69, 9.17) is 26.5 Å². The molecule has 0 aromatic carbocycles. The second-order valence-electron chi connectivity index (χ2n) is 1.01. The summed E-state index contributed by atoms with van der Waals surface area (Å²) in [4.78, 5) is 16.0. The molecule has 3 N–H and O–H groups in total. The summed E-state index contributed by atoms with van der Waals surface area (Å²) < 4.78 is 9.85. The van der Waals surface area contributed by atoms with Gasteiger partial charge in [-0.25, -0.2) is 0 Å². The van der Waals surface area contributed by atoms with Gasteiger partial charge in [0.1, 0.15) is 0 Å². The molecule has 0 rings (SSSR count). The Hall–Kier alpha value is -0.0200. The zero-order valence-electron chi connectivity index (χ0n) is 3.65. The van der Waals surface area contributed by atoms with E-state index in [1.54, 1.807) is 0 Å². The molecule has 8 heavy (non-hydrogen) atoms. The minimum absolute atomic E-state index is 0.431. The van der Waals surface area contributed by atoms with Crippen molar-refractivity contribution in [1.29, 1.82) is 0 Å². The molecule has 0 aromatic heterocycles. The Morgan fingerprint density at radius 3 is 2.00 bits per heavy atom. The normalized spacial score (nSPS) is 14.1. The molecule has 4 nitrogen and oxygen atoms in total. The van der Waals surface area contributed by atoms with Crippen molar-refractivity contribution in [3.63, 3.8) is 0 Å². The second kappa shape index (κ2) is 2.51. The van der Waals surface area contributed by atoms with E-state index < -0.39 is 13.1 Å². The maximum absolute atomic E-state index is 9.85. The summed E-state index contributed by atoms with van der Waals surface area (Å²) in [6.45, 7) is 0. The predicted molar refractivity (Wildman–Crippen MR) is 28.6 cm³/mol. The van der Waals surface area contributed by atoms with Crippen molar-refractivity contribution in [2.24, 2.45) is 0 Å². The highest BCUT2D eigenvalue weighted by Crippen LogP contribution is 2.42. The molecular weight excluding hydrogens is 154 g/mol. The van der Waals surface area contributed by atoms with E-state index in [0.717, 1.165) is 0 Å². The lowest BCUT2D eigenvalue weighted by Gasteiger charge is -1.97. The molecule has 0 spiro atoms. The minimum atomic E-state index is -4.47. The molecule has 0 fully saturated rings. The Morgan fingerprint density at radius 2 is 2.00 bits per heavy atom. The molecule has 0 radical (unpaired) electrons. The molecule has 6 heteroatoms. The number of rotatable bonds is 1. The van der Waals surface area contributed by atoms with Crippen LogP contribution in [-0.2, 0) is 4.57 Å². The van der Waals surface area contributed by atoms with Crippen LogP contribution in [0.3, 0.4) is 0 Å². The van der Waals surface area contributed by atoms with Crippen molar-refractivity contribution in [2.45, 2.75) is 0 Å². The molecular formula is C2H4ClO4P. The average Bonchev–Trinajstić information content (AvgIpc) is 1.62. The average molecular weight is 158 g/mol. The van der Waals surface area contributed by atoms with Gasteiger partial charge in [-0.05, 0) is 0 Å². The summed E-state index contributed by atoms with van der Waals surface area (Å²) >= 11 is 4.73. The highest BCUT2D eigenvalue weighted by atomic mass is 35.5. The third kappa shape index (κ3) is 2.33. The Balaban J connectivity index is 4.27. The van der Waals surface area contributed by atoms with Crippen LogP contribution in [0.2, 0.25) is 0 Å². The van der Waals surface area contributed by atoms with Crippen molar-refractivity contribution in [1.82, 2.24) is 0 Å². The first kappa shape index (κ1) is 7.98. The topological polar surface area (TPSA) is 77.8 Å². The minimum Gasteiger partial charge on any atom is -0.501 e. The lowest BCUT2D eigenvalue weighted by molar-refractivity contribution is 0.338. The van der Waals surface area contributed by atoms with Gasteiger partial charge in [-0.15, -0.1) is 0 Å². The summed E-state index contributed by atoms with van der Waals surface area (Å²) in [5.41, 5.74) is -0.681. The number of aliphatic hydroxyl groups is 1. The lowest BCUT2D eigenvalue weighted by Crippen LogP contribution is -1.80. The zero-order chi connectivity index (χ0) is 6.78. The van der Waals surface area contributed by atoms with Crippen LogP contribution in [0.15, 0.2) is 11.0 Å². The molecule has 0 saturated carbocycles. The molecule has 0 atom stereocenters. The van der Waals surface area contributed by atoms with Gasteiger partial charge in [0.25, 0.3) is 0 Å². The van der Waals surface area contributed by atoms with Crippen LogP contribution in [0.1, 0.15) is 0 Å². The van der Waals surface area contributed by atoms with Crippen molar-refractivity contribution in [3.05, 3.63) is 11.0 Å². The highest BCUT2D eigenvalue weighted by molar-refractivity contribution is 7.56. The van der Waals surface area contributed by atoms with Crippen LogP contribution in [-0.4, -0.2) is 14.9 Å². The SMILES string of the molecule is O=P(O)(O)C(O)=CCl. The molecule has 0 amide bonds. The van der Waals surface area contributed by atoms with Gasteiger partial charge in [0.15, 0.2) is 0 Å². The fourth-order valence-corrected chi connectivity index (χ4v) is 0.572. The fourth-order valence-electron chi connectivity index (χ4n) is 0.0636. The van der Waals surface area contributed by atoms with Gasteiger partial charge in [-0.3, -0.25) is 4.57 Å². The molecule has 0 bridgehead atoms. The predicted octanol–water partition coefficient (Wildman–Crippen LogP) is 0.760. The summed E-state index contributed by atoms with van der Waals surface area (Å²) in [7, 11) is -4.47. The van der Waals surface area contributed by atoms with E-state index in [1.807, 2.05) is 0 Å². The third-order valence-corrected chi connectivity index (χ3v) is 1.48. The third-order valence-electron chi connectivity index (χ3n) is 0.396. The van der Waals surface area contributed by atoms with E-state index in [2.05, 4.69) is 0 Å². The maximum atomic E-state index is 9.85. The molecule has 0 heterocycles. The molecule has 0 unspecified atom stereocenters. The highest BCUT2D eigenvalue weighted by Gasteiger charge is 2.18. The summed E-state index contributed by atoms with van der Waals surface area (Å²) in [5, 5.41) is 8.16. The molecule has 0 aliphatic rings. The number of hydrogen-bond acceptors (Lipinski definition) is 2. The maximum Gasteiger partial charge on any atom is 0.391 e. The molecule has 0 aliphatic heterocycles. The van der Waals surface area contributed by atoms with Crippen molar-refractivity contribution in [3.8, 4) is 0 Å². The summed E-state index contributed by atoms with van der Waals surface area (Å²) in [6, 6.07) is 0. The van der Waals surface area contributed by atoms with E-state index in [-0.39, 0.29) is 0 Å². The first-order valence-corrected chi connectivity index (χ1v) is 3.59. The Labute approximate surface area is 50.6 Å².